The SMILES string of the molecule is C=C/C=C(/C)c1nonc1C. The topological polar surface area (TPSA) is 38.9 Å². The molecule has 0 aliphatic heterocycles. The van der Waals surface area contributed by atoms with Crippen molar-refractivity contribution in [2.75, 3.05) is 0 Å². The summed E-state index contributed by atoms with van der Waals surface area (Å²) in [4.78, 5) is 0. The van der Waals surface area contributed by atoms with Crippen molar-refractivity contribution in [2.45, 2.75) is 13.8 Å². The Hall–Kier alpha value is -1.38. The maximum atomic E-state index is 4.54. The van der Waals surface area contributed by atoms with E-state index in [0.29, 0.717) is 0 Å². The lowest BCUT2D eigenvalue weighted by atomic mass is 10.2. The summed E-state index contributed by atoms with van der Waals surface area (Å²) < 4.78 is 4.54. The van der Waals surface area contributed by atoms with Crippen LogP contribution in [0.5, 0.6) is 0 Å². The summed E-state index contributed by atoms with van der Waals surface area (Å²) in [7, 11) is 0. The van der Waals surface area contributed by atoms with E-state index in [-0.39, 0.29) is 0 Å². The van der Waals surface area contributed by atoms with Gasteiger partial charge in [-0.3, -0.25) is 0 Å². The van der Waals surface area contributed by atoms with Gasteiger partial charge in [0.25, 0.3) is 0 Å². The first-order chi connectivity index (χ1) is 5.25. The van der Waals surface area contributed by atoms with Crippen molar-refractivity contribution in [1.82, 2.24) is 10.3 Å². The van der Waals surface area contributed by atoms with E-state index in [4.69, 9.17) is 0 Å². The zero-order valence-corrected chi connectivity index (χ0v) is 6.66. The maximum absolute atomic E-state index is 4.54. The molecule has 1 heterocycles. The van der Waals surface area contributed by atoms with Crippen molar-refractivity contribution in [1.29, 1.82) is 0 Å². The molecule has 0 aliphatic rings. The van der Waals surface area contributed by atoms with Gasteiger partial charge in [0.05, 0.1) is 0 Å². The van der Waals surface area contributed by atoms with E-state index in [0.717, 1.165) is 17.0 Å². The summed E-state index contributed by atoms with van der Waals surface area (Å²) in [5.74, 6) is 0. The molecule has 0 aromatic carbocycles. The second-order valence-electron chi connectivity index (χ2n) is 2.28. The number of hydrogen-bond acceptors (Lipinski definition) is 3. The molecule has 1 rings (SSSR count). The molecule has 0 saturated heterocycles. The highest BCUT2D eigenvalue weighted by molar-refractivity contribution is 5.62. The molecule has 58 valence electrons. The van der Waals surface area contributed by atoms with Crippen LogP contribution in [0.3, 0.4) is 0 Å². The minimum absolute atomic E-state index is 0.796. The van der Waals surface area contributed by atoms with E-state index in [1.54, 1.807) is 6.08 Å². The number of allylic oxidation sites excluding steroid dienone is 3. The third-order valence-corrected chi connectivity index (χ3v) is 1.39. The van der Waals surface area contributed by atoms with Gasteiger partial charge in [-0.05, 0) is 24.6 Å². The smallest absolute Gasteiger partial charge is 0.133 e. The highest BCUT2D eigenvalue weighted by Gasteiger charge is 2.04. The van der Waals surface area contributed by atoms with Crippen LogP contribution in [0.25, 0.3) is 5.57 Å². The van der Waals surface area contributed by atoms with Crippen molar-refractivity contribution in [2.24, 2.45) is 0 Å². The molecule has 0 fully saturated rings. The largest absolute Gasteiger partial charge is 0.244 e. The van der Waals surface area contributed by atoms with Crippen LogP contribution >= 0.6 is 0 Å². The van der Waals surface area contributed by atoms with Gasteiger partial charge in [0.1, 0.15) is 11.4 Å². The molecule has 0 radical (unpaired) electrons. The average Bonchev–Trinajstić information content (AvgIpc) is 2.36. The number of nitrogens with zero attached hydrogens (tertiary/aromatic N) is 2. The van der Waals surface area contributed by atoms with Crippen LogP contribution in [0.15, 0.2) is 23.4 Å². The lowest BCUT2D eigenvalue weighted by molar-refractivity contribution is 0.303. The quantitative estimate of drug-likeness (QED) is 0.605. The molecule has 1 aromatic heterocycles. The molecule has 0 aliphatic carbocycles. The van der Waals surface area contributed by atoms with E-state index in [1.165, 1.54) is 0 Å². The van der Waals surface area contributed by atoms with Crippen molar-refractivity contribution >= 4 is 5.57 Å². The van der Waals surface area contributed by atoms with Gasteiger partial charge in [0, 0.05) is 0 Å². The second-order valence-corrected chi connectivity index (χ2v) is 2.28. The molecule has 0 bridgehead atoms. The number of aromatic nitrogens is 2. The van der Waals surface area contributed by atoms with Crippen LogP contribution < -0.4 is 0 Å². The molecule has 3 heteroatoms. The summed E-state index contributed by atoms with van der Waals surface area (Å²) in [6, 6.07) is 0. The van der Waals surface area contributed by atoms with Crippen molar-refractivity contribution in [3.8, 4) is 0 Å². The van der Waals surface area contributed by atoms with Crippen molar-refractivity contribution in [3.05, 3.63) is 30.1 Å². The fraction of sp³-hybridized carbons (Fsp3) is 0.250. The van der Waals surface area contributed by atoms with Crippen LogP contribution in [0.2, 0.25) is 0 Å². The van der Waals surface area contributed by atoms with Gasteiger partial charge in [-0.15, -0.1) is 0 Å². The van der Waals surface area contributed by atoms with E-state index in [2.05, 4.69) is 21.5 Å². The second kappa shape index (κ2) is 3.14. The van der Waals surface area contributed by atoms with Crippen LogP contribution in [0.1, 0.15) is 18.3 Å². The third kappa shape index (κ3) is 1.55. The minimum atomic E-state index is 0.796. The highest BCUT2D eigenvalue weighted by atomic mass is 16.6. The summed E-state index contributed by atoms with van der Waals surface area (Å²) in [6.07, 6.45) is 3.58. The molecule has 0 spiro atoms. The number of rotatable bonds is 2. The van der Waals surface area contributed by atoms with Crippen molar-refractivity contribution < 1.29 is 4.63 Å². The average molecular weight is 150 g/mol. The van der Waals surface area contributed by atoms with Gasteiger partial charge in [-0.1, -0.05) is 23.9 Å². The number of hydrogen-bond donors (Lipinski definition) is 0. The Bertz CT molecular complexity index is 286. The Kier molecular flexibility index (Phi) is 2.21. The van der Waals surface area contributed by atoms with Gasteiger partial charge in [-0.2, -0.15) is 0 Å². The van der Waals surface area contributed by atoms with Gasteiger partial charge in [-0.25, -0.2) is 4.63 Å². The lowest BCUT2D eigenvalue weighted by Gasteiger charge is -1.90. The summed E-state index contributed by atoms with van der Waals surface area (Å²) in [6.45, 7) is 7.38. The molecule has 11 heavy (non-hydrogen) atoms. The van der Waals surface area contributed by atoms with Gasteiger partial charge in [0.15, 0.2) is 0 Å². The van der Waals surface area contributed by atoms with Gasteiger partial charge >= 0.3 is 0 Å². The van der Waals surface area contributed by atoms with Gasteiger partial charge in [0.2, 0.25) is 0 Å². The Morgan fingerprint density at radius 2 is 2.27 bits per heavy atom. The predicted molar refractivity (Wildman–Crippen MR) is 42.9 cm³/mol. The van der Waals surface area contributed by atoms with E-state index in [9.17, 15) is 0 Å². The molecular weight excluding hydrogens is 140 g/mol. The highest BCUT2D eigenvalue weighted by Crippen LogP contribution is 2.13. The lowest BCUT2D eigenvalue weighted by Crippen LogP contribution is -1.82. The molecule has 0 unspecified atom stereocenters. The summed E-state index contributed by atoms with van der Waals surface area (Å²) in [5, 5.41) is 7.39. The Morgan fingerprint density at radius 3 is 2.73 bits per heavy atom. The Morgan fingerprint density at radius 1 is 1.55 bits per heavy atom. The Labute approximate surface area is 65.4 Å². The third-order valence-electron chi connectivity index (χ3n) is 1.39. The molecule has 1 aromatic rings. The monoisotopic (exact) mass is 150 g/mol. The molecule has 0 amide bonds. The maximum Gasteiger partial charge on any atom is 0.133 e. The fourth-order valence-electron chi connectivity index (χ4n) is 0.845. The van der Waals surface area contributed by atoms with Crippen LogP contribution in [0, 0.1) is 6.92 Å². The zero-order chi connectivity index (χ0) is 8.27. The minimum Gasteiger partial charge on any atom is -0.244 e. The predicted octanol–water partition coefficient (Wildman–Crippen LogP) is 1.97. The van der Waals surface area contributed by atoms with E-state index in [1.807, 2.05) is 19.9 Å². The first kappa shape index (κ1) is 7.72. The fourth-order valence-corrected chi connectivity index (χ4v) is 0.845. The standard InChI is InChI=1S/C8H10N2O/c1-4-5-6(2)8-7(3)9-11-10-8/h4-5H,1H2,2-3H3/b6-5-. The molecular formula is C8H10N2O. The Balaban J connectivity index is 3.01. The van der Waals surface area contributed by atoms with Crippen LogP contribution in [0.4, 0.5) is 0 Å². The van der Waals surface area contributed by atoms with Gasteiger partial charge < -0.3 is 0 Å². The normalized spacial score (nSPS) is 11.6. The number of aryl methyl sites for hydroxylation is 1. The molecule has 0 saturated carbocycles. The summed E-state index contributed by atoms with van der Waals surface area (Å²) >= 11 is 0. The molecule has 0 N–H and O–H groups in total. The molecule has 0 atom stereocenters. The first-order valence-corrected chi connectivity index (χ1v) is 3.34. The molecule has 3 nitrogen and oxygen atoms in total. The van der Waals surface area contributed by atoms with Crippen LogP contribution in [-0.4, -0.2) is 10.3 Å². The zero-order valence-electron chi connectivity index (χ0n) is 6.66. The van der Waals surface area contributed by atoms with E-state index >= 15 is 0 Å². The first-order valence-electron chi connectivity index (χ1n) is 3.34. The van der Waals surface area contributed by atoms with Crippen molar-refractivity contribution in [3.63, 3.8) is 0 Å². The summed E-state index contributed by atoms with van der Waals surface area (Å²) in [5.41, 5.74) is 2.62. The van der Waals surface area contributed by atoms with Crippen LogP contribution in [-0.2, 0) is 0 Å². The van der Waals surface area contributed by atoms with E-state index < -0.39 is 0 Å².